The van der Waals surface area contributed by atoms with Crippen molar-refractivity contribution in [1.29, 1.82) is 0 Å². The van der Waals surface area contributed by atoms with E-state index in [2.05, 4.69) is 20.0 Å². The van der Waals surface area contributed by atoms with Crippen molar-refractivity contribution < 1.29 is 17.9 Å². The van der Waals surface area contributed by atoms with Gasteiger partial charge in [-0.3, -0.25) is 14.5 Å². The number of pyridine rings is 1. The summed E-state index contributed by atoms with van der Waals surface area (Å²) in [5.41, 5.74) is 0.603. The number of anilines is 1. The summed E-state index contributed by atoms with van der Waals surface area (Å²) in [5, 5.41) is 2.74. The number of methoxy groups -OCH3 is 1. The molecular formula is C19H22N4O4S. The van der Waals surface area contributed by atoms with Gasteiger partial charge in [0.2, 0.25) is 5.91 Å². The number of ether oxygens (including phenoxy) is 1. The van der Waals surface area contributed by atoms with E-state index in [-0.39, 0.29) is 10.8 Å². The standard InChI is InChI=1S/C19H22N4O4S/c1-27-15-9-7-13-21-19(15)22-17(24)11-3-2-6-12-20-18-14-8-4-5-10-16(14)28(25,26)23-18/h4-5,7-10,13H,2-3,6,11-12H2,1H3,(H,20,23)(H,21,22,24). The van der Waals surface area contributed by atoms with Gasteiger partial charge in [-0.05, 0) is 37.1 Å². The lowest BCUT2D eigenvalue weighted by molar-refractivity contribution is -0.116. The Morgan fingerprint density at radius 2 is 2.00 bits per heavy atom. The van der Waals surface area contributed by atoms with Crippen LogP contribution >= 0.6 is 0 Å². The van der Waals surface area contributed by atoms with Crippen molar-refractivity contribution in [3.8, 4) is 5.75 Å². The van der Waals surface area contributed by atoms with Gasteiger partial charge < -0.3 is 10.1 Å². The van der Waals surface area contributed by atoms with Crippen LogP contribution in [-0.4, -0.2) is 38.8 Å². The molecule has 8 nitrogen and oxygen atoms in total. The minimum Gasteiger partial charge on any atom is -0.493 e. The SMILES string of the molecule is COc1cccnc1NC(=O)CCCCCN=C1NS(=O)(=O)c2ccccc21. The van der Waals surface area contributed by atoms with Crippen LogP contribution in [0.5, 0.6) is 5.75 Å². The molecule has 1 aromatic heterocycles. The normalized spacial score (nSPS) is 15.7. The third-order valence-corrected chi connectivity index (χ3v) is 5.64. The Balaban J connectivity index is 1.42. The molecule has 9 heteroatoms. The van der Waals surface area contributed by atoms with Crippen LogP contribution in [0.4, 0.5) is 5.82 Å². The van der Waals surface area contributed by atoms with Crippen molar-refractivity contribution in [2.45, 2.75) is 30.6 Å². The Morgan fingerprint density at radius 1 is 1.18 bits per heavy atom. The fourth-order valence-electron chi connectivity index (χ4n) is 2.86. The molecule has 0 bridgehead atoms. The Bertz CT molecular complexity index is 989. The van der Waals surface area contributed by atoms with Crippen LogP contribution < -0.4 is 14.8 Å². The molecule has 1 aliphatic heterocycles. The summed E-state index contributed by atoms with van der Waals surface area (Å²) < 4.78 is 31.7. The van der Waals surface area contributed by atoms with Crippen molar-refractivity contribution >= 4 is 27.6 Å². The minimum atomic E-state index is -3.50. The van der Waals surface area contributed by atoms with Gasteiger partial charge in [0.05, 0.1) is 12.0 Å². The first kappa shape index (κ1) is 19.8. The van der Waals surface area contributed by atoms with E-state index in [1.165, 1.54) is 7.11 Å². The first-order valence-electron chi connectivity index (χ1n) is 8.97. The number of hydrogen-bond acceptors (Lipinski definition) is 6. The molecule has 0 fully saturated rings. The first-order chi connectivity index (χ1) is 13.5. The fraction of sp³-hybridized carbons (Fsp3) is 0.316. The molecule has 28 heavy (non-hydrogen) atoms. The monoisotopic (exact) mass is 402 g/mol. The molecule has 3 rings (SSSR count). The van der Waals surface area contributed by atoms with E-state index in [0.29, 0.717) is 42.4 Å². The molecule has 0 spiro atoms. The number of aliphatic imine (C=N–C) groups is 1. The van der Waals surface area contributed by atoms with Crippen molar-refractivity contribution in [3.05, 3.63) is 48.2 Å². The molecule has 148 valence electrons. The summed E-state index contributed by atoms with van der Waals surface area (Å²) in [7, 11) is -1.97. The average molecular weight is 402 g/mol. The topological polar surface area (TPSA) is 110 Å². The number of nitrogens with zero attached hydrogens (tertiary/aromatic N) is 2. The van der Waals surface area contributed by atoms with Crippen LogP contribution in [0, 0.1) is 0 Å². The summed E-state index contributed by atoms with van der Waals surface area (Å²) >= 11 is 0. The van der Waals surface area contributed by atoms with Gasteiger partial charge >= 0.3 is 0 Å². The van der Waals surface area contributed by atoms with E-state index in [0.717, 1.165) is 12.8 Å². The molecule has 2 aromatic rings. The predicted molar refractivity (Wildman–Crippen MR) is 106 cm³/mol. The maximum Gasteiger partial charge on any atom is 0.263 e. The molecule has 1 aliphatic rings. The molecule has 0 saturated carbocycles. The van der Waals surface area contributed by atoms with Gasteiger partial charge in [0, 0.05) is 24.7 Å². The zero-order valence-electron chi connectivity index (χ0n) is 15.5. The number of benzene rings is 1. The fourth-order valence-corrected chi connectivity index (χ4v) is 4.11. The van der Waals surface area contributed by atoms with Gasteiger partial charge in [0.15, 0.2) is 11.6 Å². The second-order valence-corrected chi connectivity index (χ2v) is 7.90. The molecule has 2 heterocycles. The summed E-state index contributed by atoms with van der Waals surface area (Å²) in [6, 6.07) is 10.2. The number of amidine groups is 1. The quantitative estimate of drug-likeness (QED) is 0.659. The van der Waals surface area contributed by atoms with Crippen LogP contribution in [0.2, 0.25) is 0 Å². The van der Waals surface area contributed by atoms with E-state index in [1.54, 1.807) is 42.6 Å². The van der Waals surface area contributed by atoms with Crippen LogP contribution in [-0.2, 0) is 14.8 Å². The zero-order chi connectivity index (χ0) is 20.0. The first-order valence-corrected chi connectivity index (χ1v) is 10.4. The zero-order valence-corrected chi connectivity index (χ0v) is 16.3. The number of sulfonamides is 1. The third kappa shape index (κ3) is 4.66. The Labute approximate surface area is 164 Å². The van der Waals surface area contributed by atoms with Gasteiger partial charge in [-0.15, -0.1) is 0 Å². The maximum absolute atomic E-state index is 12.0. The number of carbonyl (C=O) groups excluding carboxylic acids is 1. The van der Waals surface area contributed by atoms with Crippen LogP contribution in [0.15, 0.2) is 52.5 Å². The van der Waals surface area contributed by atoms with E-state index in [9.17, 15) is 13.2 Å². The molecule has 1 amide bonds. The summed E-state index contributed by atoms with van der Waals surface area (Å²) in [6.07, 6.45) is 4.22. The Hall–Kier alpha value is -2.94. The van der Waals surface area contributed by atoms with Crippen molar-refractivity contribution in [2.24, 2.45) is 4.99 Å². The van der Waals surface area contributed by atoms with E-state index in [1.807, 2.05) is 0 Å². The number of aromatic nitrogens is 1. The van der Waals surface area contributed by atoms with Crippen molar-refractivity contribution in [2.75, 3.05) is 19.0 Å². The van der Waals surface area contributed by atoms with E-state index >= 15 is 0 Å². The number of fused-ring (bicyclic) bond motifs is 1. The van der Waals surface area contributed by atoms with Crippen molar-refractivity contribution in [1.82, 2.24) is 9.71 Å². The average Bonchev–Trinajstić information content (AvgIpc) is 2.95. The van der Waals surface area contributed by atoms with Crippen LogP contribution in [0.3, 0.4) is 0 Å². The number of carbonyl (C=O) groups is 1. The van der Waals surface area contributed by atoms with Gasteiger partial charge in [-0.25, -0.2) is 13.4 Å². The van der Waals surface area contributed by atoms with Gasteiger partial charge in [-0.1, -0.05) is 18.6 Å². The lowest BCUT2D eigenvalue weighted by Gasteiger charge is -2.08. The largest absolute Gasteiger partial charge is 0.493 e. The Kier molecular flexibility index (Phi) is 6.25. The highest BCUT2D eigenvalue weighted by Crippen LogP contribution is 2.22. The summed E-state index contributed by atoms with van der Waals surface area (Å²) in [6.45, 7) is 0.488. The maximum atomic E-state index is 12.0. The van der Waals surface area contributed by atoms with Gasteiger partial charge in [0.25, 0.3) is 10.0 Å². The molecule has 2 N–H and O–H groups in total. The van der Waals surface area contributed by atoms with E-state index in [4.69, 9.17) is 4.74 Å². The van der Waals surface area contributed by atoms with Crippen LogP contribution in [0.1, 0.15) is 31.2 Å². The third-order valence-electron chi connectivity index (χ3n) is 4.24. The van der Waals surface area contributed by atoms with Crippen LogP contribution in [0.25, 0.3) is 0 Å². The molecular weight excluding hydrogens is 380 g/mol. The Morgan fingerprint density at radius 3 is 2.82 bits per heavy atom. The number of hydrogen-bond donors (Lipinski definition) is 2. The lowest BCUT2D eigenvalue weighted by atomic mass is 10.2. The lowest BCUT2D eigenvalue weighted by Crippen LogP contribution is -2.22. The van der Waals surface area contributed by atoms with Crippen molar-refractivity contribution in [3.63, 3.8) is 0 Å². The molecule has 0 aliphatic carbocycles. The second-order valence-electron chi connectivity index (χ2n) is 6.25. The summed E-state index contributed by atoms with van der Waals surface area (Å²) in [4.78, 5) is 20.7. The number of nitrogens with one attached hydrogen (secondary N) is 2. The number of unbranched alkanes of at least 4 members (excludes halogenated alkanes) is 2. The molecule has 0 unspecified atom stereocenters. The number of amides is 1. The van der Waals surface area contributed by atoms with Gasteiger partial charge in [0.1, 0.15) is 5.84 Å². The van der Waals surface area contributed by atoms with Gasteiger partial charge in [-0.2, -0.15) is 0 Å². The molecule has 0 saturated heterocycles. The predicted octanol–water partition coefficient (Wildman–Crippen LogP) is 2.33. The van der Waals surface area contributed by atoms with E-state index < -0.39 is 10.0 Å². The second kappa shape index (κ2) is 8.83. The highest BCUT2D eigenvalue weighted by Gasteiger charge is 2.29. The minimum absolute atomic E-state index is 0.124. The molecule has 1 aromatic carbocycles. The highest BCUT2D eigenvalue weighted by molar-refractivity contribution is 7.90. The smallest absolute Gasteiger partial charge is 0.263 e. The molecule has 0 atom stereocenters. The highest BCUT2D eigenvalue weighted by atomic mass is 32.2. The number of rotatable bonds is 8. The summed E-state index contributed by atoms with van der Waals surface area (Å²) in [5.74, 6) is 1.19. The molecule has 0 radical (unpaired) electrons.